The first-order valence-electron chi connectivity index (χ1n) is 5.03. The van der Waals surface area contributed by atoms with Gasteiger partial charge >= 0.3 is 0 Å². The zero-order chi connectivity index (χ0) is 11.6. The Balaban J connectivity index is 1.95. The van der Waals surface area contributed by atoms with Gasteiger partial charge in [-0.05, 0) is 30.7 Å². The Morgan fingerprint density at radius 1 is 1.44 bits per heavy atom. The minimum Gasteiger partial charge on any atom is -0.490 e. The van der Waals surface area contributed by atoms with E-state index in [2.05, 4.69) is 0 Å². The lowest BCUT2D eigenvalue weighted by atomic mass is 9.79. The van der Waals surface area contributed by atoms with E-state index >= 15 is 0 Å². The van der Waals surface area contributed by atoms with Gasteiger partial charge < -0.3 is 9.84 Å². The van der Waals surface area contributed by atoms with E-state index in [1.807, 2.05) is 6.07 Å². The Morgan fingerprint density at radius 3 is 2.56 bits per heavy atom. The highest BCUT2D eigenvalue weighted by molar-refractivity contribution is 5.93. The van der Waals surface area contributed by atoms with Crippen LogP contribution in [-0.2, 0) is 4.79 Å². The molecule has 1 aromatic carbocycles. The maximum Gasteiger partial charge on any atom is 0.168 e. The van der Waals surface area contributed by atoms with Crippen LogP contribution in [0.3, 0.4) is 0 Å². The van der Waals surface area contributed by atoms with Crippen LogP contribution in [0.1, 0.15) is 18.4 Å². The zero-order valence-corrected chi connectivity index (χ0v) is 8.64. The van der Waals surface area contributed by atoms with Gasteiger partial charge in [-0.2, -0.15) is 5.26 Å². The van der Waals surface area contributed by atoms with Gasteiger partial charge in [0.25, 0.3) is 0 Å². The standard InChI is InChI=1S/C12H11NO3/c13-7-9-1-3-10(4-2-9)16-8-12(15)6-5-11(12)14/h1-4,15H,5-6,8H2/t12-/m0/s1. The van der Waals surface area contributed by atoms with Crippen molar-refractivity contribution >= 4 is 5.78 Å². The van der Waals surface area contributed by atoms with Gasteiger partial charge in [-0.25, -0.2) is 0 Å². The minimum atomic E-state index is -1.30. The number of benzene rings is 1. The Hall–Kier alpha value is -1.86. The molecule has 4 heteroatoms. The first kappa shape index (κ1) is 10.7. The predicted octanol–water partition coefficient (Wildman–Crippen LogP) is 1.03. The van der Waals surface area contributed by atoms with Crippen LogP contribution >= 0.6 is 0 Å². The van der Waals surface area contributed by atoms with Gasteiger partial charge in [-0.1, -0.05) is 0 Å². The molecule has 0 heterocycles. The van der Waals surface area contributed by atoms with Crippen LogP contribution in [0.25, 0.3) is 0 Å². The van der Waals surface area contributed by atoms with E-state index < -0.39 is 5.60 Å². The number of hydrogen-bond donors (Lipinski definition) is 1. The number of hydrogen-bond acceptors (Lipinski definition) is 4. The largest absolute Gasteiger partial charge is 0.490 e. The van der Waals surface area contributed by atoms with Crippen molar-refractivity contribution in [3.8, 4) is 11.8 Å². The third-order valence-corrected chi connectivity index (χ3v) is 2.75. The summed E-state index contributed by atoms with van der Waals surface area (Å²) in [4.78, 5) is 11.1. The molecular formula is C12H11NO3. The average molecular weight is 217 g/mol. The molecule has 1 aromatic rings. The molecule has 1 aliphatic carbocycles. The van der Waals surface area contributed by atoms with Crippen molar-refractivity contribution in [2.45, 2.75) is 18.4 Å². The second kappa shape index (κ2) is 3.95. The highest BCUT2D eigenvalue weighted by Crippen LogP contribution is 2.28. The third-order valence-electron chi connectivity index (χ3n) is 2.75. The molecule has 2 rings (SSSR count). The van der Waals surface area contributed by atoms with Crippen molar-refractivity contribution in [2.75, 3.05) is 6.61 Å². The number of nitriles is 1. The first-order valence-corrected chi connectivity index (χ1v) is 5.03. The van der Waals surface area contributed by atoms with Crippen LogP contribution in [0.15, 0.2) is 24.3 Å². The number of carbonyl (C=O) groups is 1. The molecule has 1 aliphatic rings. The number of nitrogens with zero attached hydrogens (tertiary/aromatic N) is 1. The molecule has 1 saturated carbocycles. The van der Waals surface area contributed by atoms with Crippen LogP contribution in [0.4, 0.5) is 0 Å². The molecule has 0 radical (unpaired) electrons. The number of carbonyl (C=O) groups excluding carboxylic acids is 1. The van der Waals surface area contributed by atoms with Crippen molar-refractivity contribution in [1.29, 1.82) is 5.26 Å². The third kappa shape index (κ3) is 1.90. The summed E-state index contributed by atoms with van der Waals surface area (Å²) in [5.74, 6) is 0.383. The van der Waals surface area contributed by atoms with Crippen molar-refractivity contribution in [1.82, 2.24) is 0 Å². The zero-order valence-electron chi connectivity index (χ0n) is 8.64. The molecule has 0 aliphatic heterocycles. The number of ketones is 1. The van der Waals surface area contributed by atoms with Gasteiger partial charge in [0.1, 0.15) is 12.4 Å². The number of aliphatic hydroxyl groups is 1. The first-order chi connectivity index (χ1) is 7.64. The molecule has 1 N–H and O–H groups in total. The Kier molecular flexibility index (Phi) is 2.63. The molecule has 1 fully saturated rings. The van der Waals surface area contributed by atoms with Gasteiger partial charge in [0.05, 0.1) is 11.6 Å². The summed E-state index contributed by atoms with van der Waals surface area (Å²) in [6.45, 7) is -0.0161. The topological polar surface area (TPSA) is 70.3 Å². The molecule has 0 unspecified atom stereocenters. The van der Waals surface area contributed by atoms with Crippen molar-refractivity contribution in [3.05, 3.63) is 29.8 Å². The summed E-state index contributed by atoms with van der Waals surface area (Å²) in [5.41, 5.74) is -0.751. The maximum atomic E-state index is 11.1. The molecule has 1 atom stereocenters. The van der Waals surface area contributed by atoms with E-state index in [9.17, 15) is 9.90 Å². The summed E-state index contributed by atoms with van der Waals surface area (Å²) >= 11 is 0. The van der Waals surface area contributed by atoms with Crippen LogP contribution in [0, 0.1) is 11.3 Å². The van der Waals surface area contributed by atoms with Crippen molar-refractivity contribution in [3.63, 3.8) is 0 Å². The van der Waals surface area contributed by atoms with E-state index in [4.69, 9.17) is 10.00 Å². The van der Waals surface area contributed by atoms with Gasteiger partial charge in [0, 0.05) is 6.42 Å². The molecule has 4 nitrogen and oxygen atoms in total. The van der Waals surface area contributed by atoms with E-state index in [1.165, 1.54) is 0 Å². The van der Waals surface area contributed by atoms with Crippen molar-refractivity contribution < 1.29 is 14.6 Å². The Morgan fingerprint density at radius 2 is 2.12 bits per heavy atom. The Bertz CT molecular complexity index is 446. The van der Waals surface area contributed by atoms with E-state index in [1.54, 1.807) is 24.3 Å². The number of Topliss-reactive ketones (excluding diaryl/α,β-unsaturated/α-hetero) is 1. The average Bonchev–Trinajstić information content (AvgIpc) is 2.34. The summed E-state index contributed by atoms with van der Waals surface area (Å²) in [6, 6.07) is 8.54. The van der Waals surface area contributed by atoms with Crippen LogP contribution in [0.5, 0.6) is 5.75 Å². The molecule has 0 aromatic heterocycles. The predicted molar refractivity (Wildman–Crippen MR) is 55.8 cm³/mol. The molecule has 82 valence electrons. The number of rotatable bonds is 3. The summed E-state index contributed by atoms with van der Waals surface area (Å²) in [7, 11) is 0. The minimum absolute atomic E-state index is 0.0161. The molecule has 0 saturated heterocycles. The van der Waals surface area contributed by atoms with Crippen LogP contribution < -0.4 is 4.74 Å². The lowest BCUT2D eigenvalue weighted by molar-refractivity contribution is -0.154. The smallest absolute Gasteiger partial charge is 0.168 e. The van der Waals surface area contributed by atoms with E-state index in [0.29, 0.717) is 24.2 Å². The summed E-state index contributed by atoms with van der Waals surface area (Å²) in [5, 5.41) is 18.3. The fourth-order valence-corrected chi connectivity index (χ4v) is 1.50. The lowest BCUT2D eigenvalue weighted by Crippen LogP contribution is -2.52. The molecule has 0 bridgehead atoms. The highest BCUT2D eigenvalue weighted by Gasteiger charge is 2.44. The van der Waals surface area contributed by atoms with Crippen LogP contribution in [-0.4, -0.2) is 23.1 Å². The second-order valence-corrected chi connectivity index (χ2v) is 3.88. The SMILES string of the molecule is N#Cc1ccc(OC[C@@]2(O)CCC2=O)cc1. The van der Waals surface area contributed by atoms with Gasteiger partial charge in [-0.15, -0.1) is 0 Å². The lowest BCUT2D eigenvalue weighted by Gasteiger charge is -2.34. The van der Waals surface area contributed by atoms with E-state index in [-0.39, 0.29) is 12.4 Å². The molecule has 0 amide bonds. The Labute approximate surface area is 93.1 Å². The maximum absolute atomic E-state index is 11.1. The van der Waals surface area contributed by atoms with Crippen molar-refractivity contribution in [2.24, 2.45) is 0 Å². The van der Waals surface area contributed by atoms with Gasteiger partial charge in [0.15, 0.2) is 11.4 Å². The number of ether oxygens (including phenoxy) is 1. The van der Waals surface area contributed by atoms with Crippen LogP contribution in [0.2, 0.25) is 0 Å². The summed E-state index contributed by atoms with van der Waals surface area (Å²) in [6.07, 6.45) is 0.884. The fourth-order valence-electron chi connectivity index (χ4n) is 1.50. The van der Waals surface area contributed by atoms with Gasteiger partial charge in [-0.3, -0.25) is 4.79 Å². The fraction of sp³-hybridized carbons (Fsp3) is 0.333. The van der Waals surface area contributed by atoms with E-state index in [0.717, 1.165) is 0 Å². The molecular weight excluding hydrogens is 206 g/mol. The molecule has 0 spiro atoms. The molecule has 16 heavy (non-hydrogen) atoms. The summed E-state index contributed by atoms with van der Waals surface area (Å²) < 4.78 is 5.30. The van der Waals surface area contributed by atoms with Gasteiger partial charge in [0.2, 0.25) is 0 Å². The second-order valence-electron chi connectivity index (χ2n) is 3.88. The monoisotopic (exact) mass is 217 g/mol. The highest BCUT2D eigenvalue weighted by atomic mass is 16.5. The normalized spacial score (nSPS) is 23.4. The quantitative estimate of drug-likeness (QED) is 0.820.